The van der Waals surface area contributed by atoms with Crippen LogP contribution in [0.2, 0.25) is 0 Å². The molecule has 5 heteroatoms. The molecule has 0 aliphatic heterocycles. The number of nitrogens with zero attached hydrogens (tertiary/aromatic N) is 1. The Morgan fingerprint density at radius 2 is 2.35 bits per heavy atom. The molecule has 0 aliphatic carbocycles. The van der Waals surface area contributed by atoms with Crippen molar-refractivity contribution in [3.05, 3.63) is 30.1 Å². The molecule has 0 saturated carbocycles. The van der Waals surface area contributed by atoms with Crippen molar-refractivity contribution in [2.45, 2.75) is 26.5 Å². The molecule has 5 nitrogen and oxygen atoms in total. The topological polar surface area (TPSA) is 68.3 Å². The van der Waals surface area contributed by atoms with E-state index in [1.165, 1.54) is 0 Å². The van der Waals surface area contributed by atoms with Crippen molar-refractivity contribution in [3.8, 4) is 0 Å². The van der Waals surface area contributed by atoms with Crippen molar-refractivity contribution < 1.29 is 14.3 Å². The second-order valence-corrected chi connectivity index (χ2v) is 3.92. The van der Waals surface area contributed by atoms with Crippen LogP contribution in [0.1, 0.15) is 19.4 Å². The highest BCUT2D eigenvalue weighted by Gasteiger charge is 2.16. The highest BCUT2D eigenvalue weighted by molar-refractivity contribution is 5.73. The van der Waals surface area contributed by atoms with Crippen molar-refractivity contribution >= 4 is 12.4 Å². The molecule has 1 aromatic heterocycles. The van der Waals surface area contributed by atoms with Crippen LogP contribution in [0.25, 0.3) is 0 Å². The molecule has 1 atom stereocenters. The number of pyridine rings is 1. The van der Waals surface area contributed by atoms with Gasteiger partial charge in [-0.2, -0.15) is 0 Å². The second-order valence-electron chi connectivity index (χ2n) is 3.92. The number of ether oxygens (including phenoxy) is 1. The maximum Gasteiger partial charge on any atom is 0.408 e. The van der Waals surface area contributed by atoms with Gasteiger partial charge in [0, 0.05) is 18.0 Å². The van der Waals surface area contributed by atoms with E-state index in [-0.39, 0.29) is 12.5 Å². The van der Waals surface area contributed by atoms with Gasteiger partial charge in [-0.05, 0) is 12.0 Å². The SMILES string of the molecule is CC(C)[C@@H]([C]=O)NC(=O)OCc1cccnc1. The summed E-state index contributed by atoms with van der Waals surface area (Å²) < 4.78 is 4.94. The van der Waals surface area contributed by atoms with Crippen molar-refractivity contribution in [1.29, 1.82) is 0 Å². The first kappa shape index (κ1) is 13.2. The van der Waals surface area contributed by atoms with Gasteiger partial charge in [-0.1, -0.05) is 19.9 Å². The lowest BCUT2D eigenvalue weighted by Gasteiger charge is -2.15. The number of hydrogen-bond acceptors (Lipinski definition) is 4. The smallest absolute Gasteiger partial charge is 0.408 e. The van der Waals surface area contributed by atoms with E-state index in [0.717, 1.165) is 5.56 Å². The third kappa shape index (κ3) is 4.63. The van der Waals surface area contributed by atoms with Crippen molar-refractivity contribution in [2.75, 3.05) is 0 Å². The van der Waals surface area contributed by atoms with E-state index in [1.54, 1.807) is 30.8 Å². The Bertz CT molecular complexity index is 365. The van der Waals surface area contributed by atoms with Crippen molar-refractivity contribution in [1.82, 2.24) is 10.3 Å². The summed E-state index contributed by atoms with van der Waals surface area (Å²) in [7, 11) is 0. The van der Waals surface area contributed by atoms with Crippen LogP contribution in [0.3, 0.4) is 0 Å². The second kappa shape index (κ2) is 6.62. The summed E-state index contributed by atoms with van der Waals surface area (Å²) in [6, 6.07) is 2.91. The van der Waals surface area contributed by atoms with E-state index < -0.39 is 12.1 Å². The highest BCUT2D eigenvalue weighted by atomic mass is 16.5. The van der Waals surface area contributed by atoms with E-state index in [0.29, 0.717) is 0 Å². The number of amides is 1. The Morgan fingerprint density at radius 1 is 1.59 bits per heavy atom. The Hall–Kier alpha value is -1.91. The molecule has 0 unspecified atom stereocenters. The number of aromatic nitrogens is 1. The summed E-state index contributed by atoms with van der Waals surface area (Å²) in [4.78, 5) is 25.8. The van der Waals surface area contributed by atoms with Crippen LogP contribution < -0.4 is 5.32 Å². The minimum absolute atomic E-state index is 0.0153. The van der Waals surface area contributed by atoms with Gasteiger partial charge >= 0.3 is 6.09 Å². The molecule has 0 aromatic carbocycles. The van der Waals surface area contributed by atoms with Crippen LogP contribution in [0.4, 0.5) is 4.79 Å². The number of alkyl carbamates (subject to hydrolysis) is 1. The minimum Gasteiger partial charge on any atom is -0.445 e. The third-order valence-electron chi connectivity index (χ3n) is 2.16. The summed E-state index contributed by atoms with van der Waals surface area (Å²) in [6.07, 6.45) is 4.38. The molecule has 0 bridgehead atoms. The summed E-state index contributed by atoms with van der Waals surface area (Å²) in [5.74, 6) is -0.0153. The maximum absolute atomic E-state index is 11.4. The Labute approximate surface area is 100 Å². The lowest BCUT2D eigenvalue weighted by molar-refractivity contribution is 0.136. The van der Waals surface area contributed by atoms with Gasteiger partial charge < -0.3 is 10.1 Å². The van der Waals surface area contributed by atoms with Gasteiger partial charge in [0.25, 0.3) is 0 Å². The summed E-state index contributed by atoms with van der Waals surface area (Å²) in [5.41, 5.74) is 0.791. The molecule has 1 N–H and O–H groups in total. The molecule has 91 valence electrons. The first-order valence-electron chi connectivity index (χ1n) is 5.33. The summed E-state index contributed by atoms with van der Waals surface area (Å²) >= 11 is 0. The van der Waals surface area contributed by atoms with Crippen LogP contribution >= 0.6 is 0 Å². The first-order chi connectivity index (χ1) is 8.13. The van der Waals surface area contributed by atoms with Gasteiger partial charge in [0.2, 0.25) is 6.29 Å². The molecule has 0 fully saturated rings. The van der Waals surface area contributed by atoms with Crippen LogP contribution in [0.5, 0.6) is 0 Å². The molecule has 0 spiro atoms. The van der Waals surface area contributed by atoms with Crippen LogP contribution in [0.15, 0.2) is 24.5 Å². The number of rotatable bonds is 5. The molecule has 1 radical (unpaired) electrons. The van der Waals surface area contributed by atoms with Gasteiger partial charge in [-0.3, -0.25) is 9.78 Å². The van der Waals surface area contributed by atoms with E-state index >= 15 is 0 Å². The standard InChI is InChI=1S/C12H15N2O3/c1-9(2)11(7-15)14-12(16)17-8-10-4-3-5-13-6-10/h3-6,9,11H,8H2,1-2H3,(H,14,16)/t11-/m1/s1. The van der Waals surface area contributed by atoms with E-state index in [2.05, 4.69) is 10.3 Å². The number of nitrogens with one attached hydrogen (secondary N) is 1. The van der Waals surface area contributed by atoms with E-state index in [9.17, 15) is 9.59 Å². The number of carbonyl (C=O) groups excluding carboxylic acids is 2. The number of hydrogen-bond donors (Lipinski definition) is 1. The molecule has 1 amide bonds. The fourth-order valence-electron chi connectivity index (χ4n) is 1.13. The molecule has 0 saturated heterocycles. The van der Waals surface area contributed by atoms with Crippen LogP contribution in [-0.2, 0) is 16.1 Å². The quantitative estimate of drug-likeness (QED) is 0.838. The van der Waals surface area contributed by atoms with Crippen molar-refractivity contribution in [2.24, 2.45) is 5.92 Å². The lowest BCUT2D eigenvalue weighted by Crippen LogP contribution is -2.39. The van der Waals surface area contributed by atoms with Gasteiger partial charge in [0.1, 0.15) is 12.6 Å². The van der Waals surface area contributed by atoms with E-state index in [4.69, 9.17) is 4.74 Å². The zero-order valence-electron chi connectivity index (χ0n) is 9.84. The Kier molecular flexibility index (Phi) is 5.13. The normalized spacial score (nSPS) is 11.9. The molecular formula is C12H15N2O3. The van der Waals surface area contributed by atoms with Crippen LogP contribution in [-0.4, -0.2) is 23.4 Å². The monoisotopic (exact) mass is 235 g/mol. The average Bonchev–Trinajstić information content (AvgIpc) is 2.34. The fourth-order valence-corrected chi connectivity index (χ4v) is 1.13. The first-order valence-corrected chi connectivity index (χ1v) is 5.33. The molecule has 17 heavy (non-hydrogen) atoms. The molecule has 0 aliphatic rings. The van der Waals surface area contributed by atoms with E-state index in [1.807, 2.05) is 13.8 Å². The van der Waals surface area contributed by atoms with Gasteiger partial charge in [-0.15, -0.1) is 0 Å². The molecule has 1 rings (SSSR count). The molecular weight excluding hydrogens is 220 g/mol. The summed E-state index contributed by atoms with van der Waals surface area (Å²) in [5, 5.41) is 2.43. The van der Waals surface area contributed by atoms with Crippen LogP contribution in [0, 0.1) is 5.92 Å². The number of carbonyl (C=O) groups is 1. The Morgan fingerprint density at radius 3 is 2.88 bits per heavy atom. The highest BCUT2D eigenvalue weighted by Crippen LogP contribution is 2.01. The predicted molar refractivity (Wildman–Crippen MR) is 61.9 cm³/mol. The van der Waals surface area contributed by atoms with Gasteiger partial charge in [0.05, 0.1) is 0 Å². The lowest BCUT2D eigenvalue weighted by atomic mass is 10.1. The van der Waals surface area contributed by atoms with Gasteiger partial charge in [-0.25, -0.2) is 4.79 Å². The predicted octanol–water partition coefficient (Wildman–Crippen LogP) is 1.44. The average molecular weight is 235 g/mol. The zero-order valence-corrected chi connectivity index (χ0v) is 9.84. The maximum atomic E-state index is 11.4. The van der Waals surface area contributed by atoms with Crippen molar-refractivity contribution in [3.63, 3.8) is 0 Å². The van der Waals surface area contributed by atoms with Gasteiger partial charge in [0.15, 0.2) is 0 Å². The summed E-state index contributed by atoms with van der Waals surface area (Å²) in [6.45, 7) is 3.76. The largest absolute Gasteiger partial charge is 0.445 e. The molecule has 1 heterocycles. The fraction of sp³-hybridized carbons (Fsp3) is 0.417. The molecule has 1 aromatic rings. The Balaban J connectivity index is 2.37. The zero-order chi connectivity index (χ0) is 12.7. The third-order valence-corrected chi connectivity index (χ3v) is 2.16. The minimum atomic E-state index is -0.642.